The third-order valence-corrected chi connectivity index (χ3v) is 3.78. The molecule has 1 aliphatic rings. The lowest BCUT2D eigenvalue weighted by Crippen LogP contribution is -2.42. The maximum absolute atomic E-state index is 6.11. The third kappa shape index (κ3) is 2.28. The summed E-state index contributed by atoms with van der Waals surface area (Å²) in [6, 6.07) is 0. The van der Waals surface area contributed by atoms with Gasteiger partial charge in [-0.2, -0.15) is 0 Å². The minimum absolute atomic E-state index is 0.0684. The van der Waals surface area contributed by atoms with Gasteiger partial charge in [0, 0.05) is 25.3 Å². The zero-order valence-corrected chi connectivity index (χ0v) is 9.93. The van der Waals surface area contributed by atoms with E-state index in [1.807, 2.05) is 24.0 Å². The molecule has 0 bridgehead atoms. The number of aromatic nitrogens is 2. The Kier molecular flexibility index (Phi) is 3.19. The maximum Gasteiger partial charge on any atom is 0.202 e. The molecule has 0 unspecified atom stereocenters. The molecule has 0 radical (unpaired) electrons. The first-order chi connectivity index (χ1) is 7.26. The molecule has 4 heteroatoms. The summed E-state index contributed by atoms with van der Waals surface area (Å²) in [5.74, 6) is 1.59. The van der Waals surface area contributed by atoms with E-state index in [2.05, 4.69) is 10.3 Å². The molecule has 1 fully saturated rings. The van der Waals surface area contributed by atoms with Gasteiger partial charge in [0.05, 0.1) is 5.54 Å². The number of alkyl halides is 1. The molecule has 1 aromatic rings. The first kappa shape index (κ1) is 10.8. The minimum Gasteiger partial charge on any atom is -0.349 e. The summed E-state index contributed by atoms with van der Waals surface area (Å²) in [6.45, 7) is 0. The zero-order valence-electron chi connectivity index (χ0n) is 9.17. The van der Waals surface area contributed by atoms with Gasteiger partial charge in [-0.05, 0) is 12.8 Å². The van der Waals surface area contributed by atoms with Crippen LogP contribution in [-0.4, -0.2) is 21.0 Å². The molecular formula is C11H18ClN3. The van der Waals surface area contributed by atoms with Gasteiger partial charge in [-0.1, -0.05) is 19.3 Å². The van der Waals surface area contributed by atoms with Crippen molar-refractivity contribution in [1.29, 1.82) is 0 Å². The van der Waals surface area contributed by atoms with Crippen LogP contribution in [0.4, 0.5) is 5.95 Å². The van der Waals surface area contributed by atoms with Crippen LogP contribution >= 0.6 is 11.6 Å². The smallest absolute Gasteiger partial charge is 0.202 e. The van der Waals surface area contributed by atoms with Crippen LogP contribution in [0.2, 0.25) is 0 Å². The van der Waals surface area contributed by atoms with Gasteiger partial charge in [-0.15, -0.1) is 11.6 Å². The number of aryl methyl sites for hydroxylation is 1. The Balaban J connectivity index is 2.10. The SMILES string of the molecule is Cn1ccnc1NC1(CCl)CCCCC1. The topological polar surface area (TPSA) is 29.9 Å². The molecule has 1 aromatic heterocycles. The lowest BCUT2D eigenvalue weighted by Gasteiger charge is -2.36. The molecule has 0 aromatic carbocycles. The van der Waals surface area contributed by atoms with Gasteiger partial charge in [0.15, 0.2) is 0 Å². The van der Waals surface area contributed by atoms with E-state index in [-0.39, 0.29) is 5.54 Å². The molecule has 0 saturated heterocycles. The van der Waals surface area contributed by atoms with Crippen LogP contribution in [-0.2, 0) is 7.05 Å². The fraction of sp³-hybridized carbons (Fsp3) is 0.727. The molecule has 3 nitrogen and oxygen atoms in total. The molecule has 1 N–H and O–H groups in total. The van der Waals surface area contributed by atoms with Crippen LogP contribution < -0.4 is 5.32 Å². The van der Waals surface area contributed by atoms with Crippen molar-refractivity contribution in [3.8, 4) is 0 Å². The summed E-state index contributed by atoms with van der Waals surface area (Å²) < 4.78 is 2.00. The van der Waals surface area contributed by atoms with Crippen LogP contribution in [0.5, 0.6) is 0 Å². The highest BCUT2D eigenvalue weighted by Crippen LogP contribution is 2.32. The molecule has 84 valence electrons. The first-order valence-electron chi connectivity index (χ1n) is 5.57. The molecular weight excluding hydrogens is 210 g/mol. The van der Waals surface area contributed by atoms with Crippen LogP contribution in [0.25, 0.3) is 0 Å². The normalized spacial score (nSPS) is 20.1. The Morgan fingerprint density at radius 2 is 2.20 bits per heavy atom. The van der Waals surface area contributed by atoms with E-state index in [1.165, 1.54) is 19.3 Å². The van der Waals surface area contributed by atoms with Crippen molar-refractivity contribution in [3.05, 3.63) is 12.4 Å². The zero-order chi connectivity index (χ0) is 10.7. The summed E-state index contributed by atoms with van der Waals surface area (Å²) in [6.07, 6.45) is 9.95. The Morgan fingerprint density at radius 3 is 2.73 bits per heavy atom. The average Bonchev–Trinajstić information content (AvgIpc) is 2.66. The van der Waals surface area contributed by atoms with Crippen LogP contribution in [0, 0.1) is 0 Å². The summed E-state index contributed by atoms with van der Waals surface area (Å²) in [7, 11) is 2.00. The monoisotopic (exact) mass is 227 g/mol. The largest absolute Gasteiger partial charge is 0.349 e. The molecule has 0 atom stereocenters. The molecule has 0 amide bonds. The fourth-order valence-corrected chi connectivity index (χ4v) is 2.58. The number of nitrogens with one attached hydrogen (secondary N) is 1. The molecule has 0 aliphatic heterocycles. The lowest BCUT2D eigenvalue weighted by atomic mass is 9.83. The van der Waals surface area contributed by atoms with Crippen molar-refractivity contribution in [3.63, 3.8) is 0 Å². The van der Waals surface area contributed by atoms with Crippen molar-refractivity contribution >= 4 is 17.5 Å². The van der Waals surface area contributed by atoms with Crippen LogP contribution in [0.15, 0.2) is 12.4 Å². The third-order valence-electron chi connectivity index (χ3n) is 3.26. The fourth-order valence-electron chi connectivity index (χ4n) is 2.24. The Labute approximate surface area is 95.8 Å². The number of rotatable bonds is 3. The van der Waals surface area contributed by atoms with Crippen molar-refractivity contribution in [2.24, 2.45) is 7.05 Å². The van der Waals surface area contributed by atoms with E-state index < -0.39 is 0 Å². The van der Waals surface area contributed by atoms with Gasteiger partial charge in [0.2, 0.25) is 5.95 Å². The Bertz CT molecular complexity index is 315. The van der Waals surface area contributed by atoms with E-state index >= 15 is 0 Å². The van der Waals surface area contributed by atoms with Crippen molar-refractivity contribution in [2.75, 3.05) is 11.2 Å². The summed E-state index contributed by atoms with van der Waals surface area (Å²) in [5.41, 5.74) is 0.0684. The van der Waals surface area contributed by atoms with E-state index in [9.17, 15) is 0 Å². The number of anilines is 1. The van der Waals surface area contributed by atoms with Gasteiger partial charge in [-0.25, -0.2) is 4.98 Å². The molecule has 2 rings (SSSR count). The highest BCUT2D eigenvalue weighted by Gasteiger charge is 2.31. The standard InChI is InChI=1S/C11H18ClN3/c1-15-8-7-13-10(15)14-11(9-12)5-3-2-4-6-11/h7-8H,2-6,9H2,1H3,(H,13,14). The predicted molar refractivity (Wildman–Crippen MR) is 63.4 cm³/mol. The highest BCUT2D eigenvalue weighted by molar-refractivity contribution is 6.18. The number of hydrogen-bond donors (Lipinski definition) is 1. The van der Waals surface area contributed by atoms with Gasteiger partial charge in [0.25, 0.3) is 0 Å². The summed E-state index contributed by atoms with van der Waals surface area (Å²) >= 11 is 6.11. The predicted octanol–water partition coefficient (Wildman–Crippen LogP) is 2.77. The second-order valence-corrected chi connectivity index (χ2v) is 4.73. The minimum atomic E-state index is 0.0684. The first-order valence-corrected chi connectivity index (χ1v) is 6.11. The van der Waals surface area contributed by atoms with Crippen molar-refractivity contribution in [1.82, 2.24) is 9.55 Å². The molecule has 15 heavy (non-hydrogen) atoms. The Morgan fingerprint density at radius 1 is 1.47 bits per heavy atom. The lowest BCUT2D eigenvalue weighted by molar-refractivity contribution is 0.350. The Hall–Kier alpha value is -0.700. The van der Waals surface area contributed by atoms with Gasteiger partial charge >= 0.3 is 0 Å². The van der Waals surface area contributed by atoms with Gasteiger partial charge in [0.1, 0.15) is 0 Å². The average molecular weight is 228 g/mol. The quantitative estimate of drug-likeness (QED) is 0.805. The van der Waals surface area contributed by atoms with Crippen LogP contribution in [0.1, 0.15) is 32.1 Å². The highest BCUT2D eigenvalue weighted by atomic mass is 35.5. The number of imidazole rings is 1. The molecule has 0 spiro atoms. The number of halogens is 1. The van der Waals surface area contributed by atoms with Gasteiger partial charge < -0.3 is 9.88 Å². The number of nitrogens with zero attached hydrogens (tertiary/aromatic N) is 2. The van der Waals surface area contributed by atoms with E-state index in [4.69, 9.17) is 11.6 Å². The van der Waals surface area contributed by atoms with Crippen molar-refractivity contribution < 1.29 is 0 Å². The van der Waals surface area contributed by atoms with Crippen LogP contribution in [0.3, 0.4) is 0 Å². The molecule has 1 aliphatic carbocycles. The van der Waals surface area contributed by atoms with E-state index in [1.54, 1.807) is 0 Å². The molecule has 1 saturated carbocycles. The van der Waals surface area contributed by atoms with Crippen molar-refractivity contribution in [2.45, 2.75) is 37.6 Å². The summed E-state index contributed by atoms with van der Waals surface area (Å²) in [5, 5.41) is 3.51. The van der Waals surface area contributed by atoms with E-state index in [0.29, 0.717) is 5.88 Å². The van der Waals surface area contributed by atoms with E-state index in [0.717, 1.165) is 18.8 Å². The maximum atomic E-state index is 6.11. The second kappa shape index (κ2) is 4.44. The van der Waals surface area contributed by atoms with Gasteiger partial charge in [-0.3, -0.25) is 0 Å². The summed E-state index contributed by atoms with van der Waals surface area (Å²) in [4.78, 5) is 4.30. The second-order valence-electron chi connectivity index (χ2n) is 4.46. The molecule has 1 heterocycles. The number of hydrogen-bond acceptors (Lipinski definition) is 2.